The van der Waals surface area contributed by atoms with Crippen molar-refractivity contribution < 1.29 is 4.79 Å². The van der Waals surface area contributed by atoms with Gasteiger partial charge in [-0.15, -0.1) is 0 Å². The summed E-state index contributed by atoms with van der Waals surface area (Å²) in [4.78, 5) is 12.3. The summed E-state index contributed by atoms with van der Waals surface area (Å²) in [5.74, 6) is -0.107. The molecule has 2 rings (SSSR count). The number of anilines is 1. The number of hydrogen-bond acceptors (Lipinski definition) is 2. The first-order chi connectivity index (χ1) is 9.48. The van der Waals surface area contributed by atoms with Crippen LogP contribution >= 0.6 is 0 Å². The van der Waals surface area contributed by atoms with E-state index < -0.39 is 0 Å². The molecular formula is C17H20N2O. The van der Waals surface area contributed by atoms with E-state index in [-0.39, 0.29) is 11.4 Å². The number of para-hydroxylation sites is 1. The number of carbonyl (C=O) groups is 1. The lowest BCUT2D eigenvalue weighted by molar-refractivity contribution is 0.0938. The van der Waals surface area contributed by atoms with Crippen molar-refractivity contribution in [3.05, 3.63) is 66.2 Å². The van der Waals surface area contributed by atoms with Crippen molar-refractivity contribution in [1.29, 1.82) is 0 Å². The minimum absolute atomic E-state index is 0.107. The second-order valence-corrected chi connectivity index (χ2v) is 5.65. The van der Waals surface area contributed by atoms with Gasteiger partial charge in [0.15, 0.2) is 0 Å². The molecule has 0 atom stereocenters. The van der Waals surface area contributed by atoms with Gasteiger partial charge in [-0.3, -0.25) is 15.2 Å². The maximum Gasteiger partial charge on any atom is 0.269 e. The fraction of sp³-hybridized carbons (Fsp3) is 0.235. The molecule has 0 bridgehead atoms. The van der Waals surface area contributed by atoms with E-state index in [4.69, 9.17) is 0 Å². The number of benzene rings is 2. The van der Waals surface area contributed by atoms with E-state index in [9.17, 15) is 4.79 Å². The van der Waals surface area contributed by atoms with Gasteiger partial charge in [0.1, 0.15) is 0 Å². The fourth-order valence-corrected chi connectivity index (χ4v) is 1.95. The molecule has 0 unspecified atom stereocenters. The van der Waals surface area contributed by atoms with Crippen LogP contribution in [0.4, 0.5) is 5.69 Å². The summed E-state index contributed by atoms with van der Waals surface area (Å²) >= 11 is 0. The summed E-state index contributed by atoms with van der Waals surface area (Å²) in [6.45, 7) is 6.18. The highest BCUT2D eigenvalue weighted by Gasteiger charge is 2.23. The Morgan fingerprint density at radius 1 is 0.900 bits per heavy atom. The second kappa shape index (κ2) is 5.78. The molecule has 0 saturated heterocycles. The van der Waals surface area contributed by atoms with Crippen LogP contribution in [0, 0.1) is 0 Å². The molecule has 0 heterocycles. The van der Waals surface area contributed by atoms with Gasteiger partial charge in [-0.2, -0.15) is 0 Å². The van der Waals surface area contributed by atoms with Crippen LogP contribution in [0.1, 0.15) is 31.1 Å². The number of nitrogens with one attached hydrogen (secondary N) is 1. The Kier molecular flexibility index (Phi) is 4.08. The van der Waals surface area contributed by atoms with Gasteiger partial charge in [-0.1, -0.05) is 36.4 Å². The summed E-state index contributed by atoms with van der Waals surface area (Å²) in [6.07, 6.45) is 0. The van der Waals surface area contributed by atoms with E-state index in [1.165, 1.54) is 0 Å². The first kappa shape index (κ1) is 14.1. The largest absolute Gasteiger partial charge is 0.280 e. The van der Waals surface area contributed by atoms with E-state index in [0.29, 0.717) is 5.56 Å². The summed E-state index contributed by atoms with van der Waals surface area (Å²) < 4.78 is 0. The fourth-order valence-electron chi connectivity index (χ4n) is 1.95. The Bertz CT molecular complexity index is 559. The van der Waals surface area contributed by atoms with E-state index in [0.717, 1.165) is 5.69 Å². The van der Waals surface area contributed by atoms with Crippen molar-refractivity contribution in [2.75, 3.05) is 5.01 Å². The molecule has 3 heteroatoms. The van der Waals surface area contributed by atoms with Gasteiger partial charge < -0.3 is 0 Å². The Balaban J connectivity index is 2.24. The molecule has 0 aliphatic carbocycles. The standard InChI is InChI=1S/C17H20N2O/c1-17(2,3)19(15-12-8-5-9-13-15)18-16(20)14-10-6-4-7-11-14/h4-13H,1-3H3,(H,18,20). The van der Waals surface area contributed by atoms with E-state index >= 15 is 0 Å². The maximum absolute atomic E-state index is 12.3. The SMILES string of the molecule is CC(C)(C)N(NC(=O)c1ccccc1)c1ccccc1. The lowest BCUT2D eigenvalue weighted by Gasteiger charge is -2.37. The minimum atomic E-state index is -0.216. The monoisotopic (exact) mass is 268 g/mol. The number of hydrazine groups is 1. The van der Waals surface area contributed by atoms with Gasteiger partial charge in [0, 0.05) is 5.56 Å². The van der Waals surface area contributed by atoms with Crippen molar-refractivity contribution in [2.45, 2.75) is 26.3 Å². The Morgan fingerprint density at radius 3 is 1.90 bits per heavy atom. The van der Waals surface area contributed by atoms with Gasteiger partial charge in [-0.25, -0.2) is 0 Å². The van der Waals surface area contributed by atoms with Crippen LogP contribution in [-0.2, 0) is 0 Å². The lowest BCUT2D eigenvalue weighted by atomic mass is 10.1. The summed E-state index contributed by atoms with van der Waals surface area (Å²) in [5.41, 5.74) is 4.38. The third-order valence-corrected chi connectivity index (χ3v) is 2.93. The average molecular weight is 268 g/mol. The van der Waals surface area contributed by atoms with Crippen molar-refractivity contribution in [3.63, 3.8) is 0 Å². The molecule has 0 aromatic heterocycles. The van der Waals surface area contributed by atoms with Gasteiger partial charge in [-0.05, 0) is 45.0 Å². The highest BCUT2D eigenvalue weighted by molar-refractivity contribution is 5.95. The molecule has 0 aliphatic heterocycles. The quantitative estimate of drug-likeness (QED) is 0.862. The predicted molar refractivity (Wildman–Crippen MR) is 82.6 cm³/mol. The second-order valence-electron chi connectivity index (χ2n) is 5.65. The van der Waals surface area contributed by atoms with Gasteiger partial charge in [0.05, 0.1) is 11.2 Å². The smallest absolute Gasteiger partial charge is 0.269 e. The normalized spacial score (nSPS) is 10.9. The molecule has 20 heavy (non-hydrogen) atoms. The highest BCUT2D eigenvalue weighted by atomic mass is 16.2. The van der Waals surface area contributed by atoms with E-state index in [2.05, 4.69) is 26.2 Å². The molecule has 0 fully saturated rings. The zero-order valence-electron chi connectivity index (χ0n) is 12.1. The van der Waals surface area contributed by atoms with Gasteiger partial charge in [0.25, 0.3) is 5.91 Å². The molecule has 2 aromatic carbocycles. The molecular weight excluding hydrogens is 248 g/mol. The van der Waals surface area contributed by atoms with Crippen LogP contribution in [0.15, 0.2) is 60.7 Å². The number of carbonyl (C=O) groups excluding carboxylic acids is 1. The number of hydrogen-bond donors (Lipinski definition) is 1. The number of nitrogens with zero attached hydrogens (tertiary/aromatic N) is 1. The summed E-state index contributed by atoms with van der Waals surface area (Å²) in [7, 11) is 0. The first-order valence-electron chi connectivity index (χ1n) is 6.70. The molecule has 2 aromatic rings. The Morgan fingerprint density at radius 2 is 1.40 bits per heavy atom. The van der Waals surface area contributed by atoms with Crippen molar-refractivity contribution in [1.82, 2.24) is 5.43 Å². The van der Waals surface area contributed by atoms with Crippen LogP contribution in [0.25, 0.3) is 0 Å². The molecule has 104 valence electrons. The molecule has 1 amide bonds. The van der Waals surface area contributed by atoms with Crippen LogP contribution in [0.3, 0.4) is 0 Å². The topological polar surface area (TPSA) is 32.3 Å². The van der Waals surface area contributed by atoms with Crippen molar-refractivity contribution in [3.8, 4) is 0 Å². The minimum Gasteiger partial charge on any atom is -0.280 e. The summed E-state index contributed by atoms with van der Waals surface area (Å²) in [5, 5.41) is 1.89. The predicted octanol–water partition coefficient (Wildman–Crippen LogP) is 3.64. The molecule has 0 saturated carbocycles. The highest BCUT2D eigenvalue weighted by Crippen LogP contribution is 2.21. The van der Waals surface area contributed by atoms with Crippen LogP contribution in [0.5, 0.6) is 0 Å². The number of rotatable bonds is 3. The van der Waals surface area contributed by atoms with Crippen LogP contribution in [-0.4, -0.2) is 11.4 Å². The third kappa shape index (κ3) is 3.38. The Hall–Kier alpha value is -2.29. The third-order valence-electron chi connectivity index (χ3n) is 2.93. The Labute approximate surface area is 120 Å². The van der Waals surface area contributed by atoms with Crippen molar-refractivity contribution in [2.24, 2.45) is 0 Å². The van der Waals surface area contributed by atoms with E-state index in [1.807, 2.05) is 53.5 Å². The average Bonchev–Trinajstić information content (AvgIpc) is 2.45. The maximum atomic E-state index is 12.3. The molecule has 3 nitrogen and oxygen atoms in total. The van der Waals surface area contributed by atoms with Crippen molar-refractivity contribution >= 4 is 11.6 Å². The lowest BCUT2D eigenvalue weighted by Crippen LogP contribution is -2.53. The molecule has 0 spiro atoms. The zero-order valence-corrected chi connectivity index (χ0v) is 12.1. The van der Waals surface area contributed by atoms with Crippen LogP contribution in [0.2, 0.25) is 0 Å². The van der Waals surface area contributed by atoms with Crippen LogP contribution < -0.4 is 10.4 Å². The zero-order chi connectivity index (χ0) is 14.6. The summed E-state index contributed by atoms with van der Waals surface area (Å²) in [6, 6.07) is 19.1. The number of amides is 1. The molecule has 1 N–H and O–H groups in total. The van der Waals surface area contributed by atoms with Gasteiger partial charge in [0.2, 0.25) is 0 Å². The van der Waals surface area contributed by atoms with Gasteiger partial charge >= 0.3 is 0 Å². The first-order valence-corrected chi connectivity index (χ1v) is 6.70. The molecule has 0 aliphatic rings. The molecule has 0 radical (unpaired) electrons. The van der Waals surface area contributed by atoms with E-state index in [1.54, 1.807) is 12.1 Å².